The molecule has 136 valence electrons. The Labute approximate surface area is 141 Å². The van der Waals surface area contributed by atoms with Crippen LogP contribution in [0, 0.1) is 0 Å². The van der Waals surface area contributed by atoms with Crippen LogP contribution >= 0.6 is 0 Å². The minimum atomic E-state index is -0.828. The number of hydrogen-bond donors (Lipinski definition) is 1. The standard InChI is InChI=1S/C6H12O2.C6H10O.2C3H6O/c1-5(7)4-6(2,3)8;1-5(2)4-6(3)7;2*1-3(2)4/h8H,4H2,1-3H3;4H,1-3H3;2*1-2H3. The van der Waals surface area contributed by atoms with Gasteiger partial charge in [-0.1, -0.05) is 5.57 Å². The van der Waals surface area contributed by atoms with Gasteiger partial charge >= 0.3 is 0 Å². The molecule has 0 aliphatic carbocycles. The number of ketones is 4. The van der Waals surface area contributed by atoms with E-state index in [2.05, 4.69) is 0 Å². The first kappa shape index (κ1) is 29.4. The van der Waals surface area contributed by atoms with Crippen LogP contribution in [0.4, 0.5) is 0 Å². The van der Waals surface area contributed by atoms with Gasteiger partial charge in [-0.05, 0) is 75.3 Å². The zero-order chi connectivity index (χ0) is 19.8. The SMILES string of the molecule is CC(=O)C=C(C)C.CC(=O)CC(C)(C)O.CC(C)=O.CC(C)=O. The Balaban J connectivity index is -0.000000110. The van der Waals surface area contributed by atoms with Crippen LogP contribution < -0.4 is 0 Å². The van der Waals surface area contributed by atoms with Gasteiger partial charge in [0.05, 0.1) is 5.60 Å². The number of hydrogen-bond acceptors (Lipinski definition) is 5. The van der Waals surface area contributed by atoms with E-state index in [0.717, 1.165) is 5.57 Å². The van der Waals surface area contributed by atoms with Crippen LogP contribution in [0.3, 0.4) is 0 Å². The number of carbonyl (C=O) groups is 4. The predicted molar refractivity (Wildman–Crippen MR) is 94.4 cm³/mol. The summed E-state index contributed by atoms with van der Waals surface area (Å²) in [7, 11) is 0. The Morgan fingerprint density at radius 1 is 0.783 bits per heavy atom. The number of rotatable bonds is 3. The first-order valence-electron chi connectivity index (χ1n) is 7.32. The molecule has 0 amide bonds. The van der Waals surface area contributed by atoms with Crippen molar-refractivity contribution in [2.24, 2.45) is 0 Å². The molecular formula is C18H34O5. The molecule has 0 rings (SSSR count). The molecule has 0 aromatic carbocycles. The summed E-state index contributed by atoms with van der Waals surface area (Å²) in [5.74, 6) is 0.484. The monoisotopic (exact) mass is 330 g/mol. The highest BCUT2D eigenvalue weighted by atomic mass is 16.3. The van der Waals surface area contributed by atoms with Gasteiger partial charge in [0, 0.05) is 6.42 Å². The molecule has 0 atom stereocenters. The van der Waals surface area contributed by atoms with Crippen molar-refractivity contribution in [3.63, 3.8) is 0 Å². The first-order valence-corrected chi connectivity index (χ1v) is 7.32. The summed E-state index contributed by atoms with van der Waals surface area (Å²) in [6.07, 6.45) is 1.85. The van der Waals surface area contributed by atoms with Crippen molar-refractivity contribution in [2.45, 2.75) is 81.3 Å². The topological polar surface area (TPSA) is 88.5 Å². The number of aliphatic hydroxyl groups is 1. The molecule has 0 unspecified atom stereocenters. The van der Waals surface area contributed by atoms with Crippen LogP contribution in [-0.2, 0) is 19.2 Å². The maximum Gasteiger partial charge on any atom is 0.152 e. The summed E-state index contributed by atoms with van der Waals surface area (Å²) in [6.45, 7) is 16.2. The first-order chi connectivity index (χ1) is 10.0. The van der Waals surface area contributed by atoms with E-state index >= 15 is 0 Å². The molecule has 0 heterocycles. The van der Waals surface area contributed by atoms with Crippen molar-refractivity contribution < 1.29 is 24.3 Å². The predicted octanol–water partition coefficient (Wildman–Crippen LogP) is 3.47. The highest BCUT2D eigenvalue weighted by Gasteiger charge is 2.13. The van der Waals surface area contributed by atoms with E-state index in [1.165, 1.54) is 34.6 Å². The lowest BCUT2D eigenvalue weighted by molar-refractivity contribution is -0.121. The molecule has 0 spiro atoms. The Hall–Kier alpha value is -1.62. The van der Waals surface area contributed by atoms with E-state index in [1.807, 2.05) is 13.8 Å². The molecule has 0 radical (unpaired) electrons. The molecule has 0 bridgehead atoms. The average molecular weight is 330 g/mol. The summed E-state index contributed by atoms with van der Waals surface area (Å²) in [5, 5.41) is 8.97. The number of Topliss-reactive ketones (excluding diaryl/α,β-unsaturated/α-hetero) is 3. The van der Waals surface area contributed by atoms with Crippen LogP contribution in [0.15, 0.2) is 11.6 Å². The maximum absolute atomic E-state index is 10.3. The number of carbonyl (C=O) groups excluding carboxylic acids is 4. The van der Waals surface area contributed by atoms with E-state index < -0.39 is 5.60 Å². The van der Waals surface area contributed by atoms with Crippen LogP contribution in [0.25, 0.3) is 0 Å². The highest BCUT2D eigenvalue weighted by Crippen LogP contribution is 2.06. The molecule has 5 nitrogen and oxygen atoms in total. The van der Waals surface area contributed by atoms with Crippen molar-refractivity contribution in [1.29, 1.82) is 0 Å². The lowest BCUT2D eigenvalue weighted by Crippen LogP contribution is -2.21. The summed E-state index contributed by atoms with van der Waals surface area (Å²) in [6, 6.07) is 0. The lowest BCUT2D eigenvalue weighted by Gasteiger charge is -2.13. The van der Waals surface area contributed by atoms with E-state index in [-0.39, 0.29) is 29.6 Å². The third kappa shape index (κ3) is 126. The molecule has 1 N–H and O–H groups in total. The van der Waals surface area contributed by atoms with E-state index in [9.17, 15) is 19.2 Å². The molecule has 5 heteroatoms. The number of allylic oxidation sites excluding steroid dienone is 2. The molecule has 0 saturated heterocycles. The molecule has 0 aliphatic rings. The van der Waals surface area contributed by atoms with Gasteiger partial charge in [-0.15, -0.1) is 0 Å². The van der Waals surface area contributed by atoms with Crippen molar-refractivity contribution in [3.05, 3.63) is 11.6 Å². The zero-order valence-corrected chi connectivity index (χ0v) is 16.4. The van der Waals surface area contributed by atoms with Gasteiger partial charge < -0.3 is 14.7 Å². The average Bonchev–Trinajstić information content (AvgIpc) is 2.07. The summed E-state index contributed by atoms with van der Waals surface area (Å²) < 4.78 is 0. The summed E-state index contributed by atoms with van der Waals surface area (Å²) >= 11 is 0. The van der Waals surface area contributed by atoms with Crippen molar-refractivity contribution in [3.8, 4) is 0 Å². The Morgan fingerprint density at radius 2 is 1.04 bits per heavy atom. The van der Waals surface area contributed by atoms with Gasteiger partial charge in [0.2, 0.25) is 0 Å². The molecule has 0 fully saturated rings. The van der Waals surface area contributed by atoms with E-state index in [4.69, 9.17) is 5.11 Å². The van der Waals surface area contributed by atoms with E-state index in [0.29, 0.717) is 0 Å². The van der Waals surface area contributed by atoms with Crippen LogP contribution in [-0.4, -0.2) is 33.8 Å². The second-order valence-corrected chi connectivity index (χ2v) is 6.34. The summed E-state index contributed by atoms with van der Waals surface area (Å²) in [4.78, 5) is 39.4. The fourth-order valence-corrected chi connectivity index (χ4v) is 1.02. The highest BCUT2D eigenvalue weighted by molar-refractivity contribution is 5.87. The van der Waals surface area contributed by atoms with Gasteiger partial charge in [0.1, 0.15) is 17.3 Å². The minimum absolute atomic E-state index is 0.0255. The van der Waals surface area contributed by atoms with Gasteiger partial charge in [-0.25, -0.2) is 0 Å². The largest absolute Gasteiger partial charge is 0.390 e. The molecule has 0 aromatic heterocycles. The van der Waals surface area contributed by atoms with Gasteiger partial charge in [-0.3, -0.25) is 9.59 Å². The fourth-order valence-electron chi connectivity index (χ4n) is 1.02. The van der Waals surface area contributed by atoms with Gasteiger partial charge in [0.25, 0.3) is 0 Å². The molecular weight excluding hydrogens is 296 g/mol. The van der Waals surface area contributed by atoms with Crippen molar-refractivity contribution >= 4 is 23.1 Å². The Kier molecular flexibility index (Phi) is 21.4. The minimum Gasteiger partial charge on any atom is -0.390 e. The van der Waals surface area contributed by atoms with Gasteiger partial charge in [-0.2, -0.15) is 0 Å². The third-order valence-corrected chi connectivity index (χ3v) is 1.17. The zero-order valence-electron chi connectivity index (χ0n) is 16.4. The van der Waals surface area contributed by atoms with Gasteiger partial charge in [0.15, 0.2) is 5.78 Å². The second kappa shape index (κ2) is 16.7. The van der Waals surface area contributed by atoms with Crippen molar-refractivity contribution in [2.75, 3.05) is 0 Å². The molecule has 0 aromatic rings. The second-order valence-electron chi connectivity index (χ2n) is 6.34. The van der Waals surface area contributed by atoms with Crippen LogP contribution in [0.5, 0.6) is 0 Å². The summed E-state index contributed by atoms with van der Waals surface area (Å²) in [5.41, 5.74) is 0.235. The smallest absolute Gasteiger partial charge is 0.152 e. The van der Waals surface area contributed by atoms with Crippen LogP contribution in [0.1, 0.15) is 75.7 Å². The molecule has 0 aliphatic heterocycles. The van der Waals surface area contributed by atoms with Crippen molar-refractivity contribution in [1.82, 2.24) is 0 Å². The third-order valence-electron chi connectivity index (χ3n) is 1.17. The van der Waals surface area contributed by atoms with Crippen LogP contribution in [0.2, 0.25) is 0 Å². The maximum atomic E-state index is 10.3. The quantitative estimate of drug-likeness (QED) is 0.800. The molecule has 23 heavy (non-hydrogen) atoms. The Bertz CT molecular complexity index is 374. The molecule has 0 saturated carbocycles. The Morgan fingerprint density at radius 3 is 1.04 bits per heavy atom. The normalized spacial score (nSPS) is 8.65. The van der Waals surface area contributed by atoms with E-state index in [1.54, 1.807) is 26.8 Å². The lowest BCUT2D eigenvalue weighted by atomic mass is 10.0. The fraction of sp³-hybridized carbons (Fsp3) is 0.667.